The molecular weight excluding hydrogens is 505 g/mol. The van der Waals surface area contributed by atoms with E-state index in [1.54, 1.807) is 13.0 Å². The predicted octanol–water partition coefficient (Wildman–Crippen LogP) is 3.58. The molecule has 2 aliphatic heterocycles. The van der Waals surface area contributed by atoms with Crippen LogP contribution in [-0.2, 0) is 29.3 Å². The molecule has 34 heavy (non-hydrogen) atoms. The van der Waals surface area contributed by atoms with Crippen molar-refractivity contribution in [3.63, 3.8) is 0 Å². The fourth-order valence-electron chi connectivity index (χ4n) is 5.05. The van der Waals surface area contributed by atoms with Crippen LogP contribution in [0, 0.1) is 18.7 Å². The Balaban J connectivity index is 1.85. The summed E-state index contributed by atoms with van der Waals surface area (Å²) >= 11 is 6.00. The Morgan fingerprint density at radius 2 is 1.85 bits per heavy atom. The molecule has 0 bridgehead atoms. The quantitative estimate of drug-likeness (QED) is 0.586. The lowest BCUT2D eigenvalue weighted by molar-refractivity contribution is -0.0741. The fraction of sp³-hybridized carbons (Fsp3) is 0.478. The van der Waals surface area contributed by atoms with Crippen LogP contribution in [0.2, 0.25) is 5.02 Å². The Labute approximate surface area is 204 Å². The number of ether oxygens (including phenoxy) is 2. The predicted molar refractivity (Wildman–Crippen MR) is 127 cm³/mol. The van der Waals surface area contributed by atoms with Crippen molar-refractivity contribution in [3.05, 3.63) is 58.4 Å². The van der Waals surface area contributed by atoms with Crippen molar-refractivity contribution in [1.29, 1.82) is 0 Å². The Kier molecular flexibility index (Phi) is 7.00. The maximum atomic E-state index is 14.8. The van der Waals surface area contributed by atoms with E-state index in [4.69, 9.17) is 21.1 Å². The summed E-state index contributed by atoms with van der Waals surface area (Å²) in [6, 6.07) is 8.75. The highest BCUT2D eigenvalue weighted by molar-refractivity contribution is 7.92. The van der Waals surface area contributed by atoms with Crippen molar-refractivity contribution in [3.8, 4) is 5.75 Å². The standard InChI is InChI=1S/C23H27ClFNO6S2/c1-3-33(27,28)26-12-10-20-18-14-32-22-19(25)9-4-15(2)21(22)23(18,11-13-31-20)34(29,30)17-7-5-16(24)6-8-17/h4-9,18,20,26H,3,10-14H2,1-2H3/t18?,20-,23-/m0/s1. The van der Waals surface area contributed by atoms with E-state index in [1.807, 2.05) is 0 Å². The van der Waals surface area contributed by atoms with Gasteiger partial charge in [0, 0.05) is 29.7 Å². The van der Waals surface area contributed by atoms with E-state index in [1.165, 1.54) is 37.3 Å². The summed E-state index contributed by atoms with van der Waals surface area (Å²) in [5.74, 6) is -1.42. The minimum atomic E-state index is -4.07. The highest BCUT2D eigenvalue weighted by Gasteiger charge is 2.60. The zero-order valence-electron chi connectivity index (χ0n) is 18.9. The minimum Gasteiger partial charge on any atom is -0.490 e. The minimum absolute atomic E-state index is 0.0545. The first-order chi connectivity index (χ1) is 16.0. The van der Waals surface area contributed by atoms with Crippen LogP contribution in [0.15, 0.2) is 41.3 Å². The molecule has 186 valence electrons. The molecule has 2 heterocycles. The van der Waals surface area contributed by atoms with Crippen LogP contribution in [0.1, 0.15) is 30.9 Å². The zero-order chi connectivity index (χ0) is 24.7. The van der Waals surface area contributed by atoms with Crippen LogP contribution in [0.4, 0.5) is 4.39 Å². The van der Waals surface area contributed by atoms with Gasteiger partial charge in [-0.05, 0) is 62.6 Å². The monoisotopic (exact) mass is 531 g/mol. The fourth-order valence-corrected chi connectivity index (χ4v) is 8.21. The number of sulfonamides is 1. The van der Waals surface area contributed by atoms with Gasteiger partial charge in [0.1, 0.15) is 4.75 Å². The first-order valence-electron chi connectivity index (χ1n) is 11.0. The molecule has 0 amide bonds. The summed E-state index contributed by atoms with van der Waals surface area (Å²) < 4.78 is 80.0. The van der Waals surface area contributed by atoms with Gasteiger partial charge in [-0.25, -0.2) is 25.9 Å². The molecule has 1 unspecified atom stereocenters. The molecule has 0 spiro atoms. The molecule has 2 aromatic rings. The van der Waals surface area contributed by atoms with Gasteiger partial charge in [-0.3, -0.25) is 0 Å². The summed E-state index contributed by atoms with van der Waals surface area (Å²) in [4.78, 5) is 0.0748. The molecule has 0 saturated carbocycles. The number of nitrogens with one attached hydrogen (secondary N) is 1. The van der Waals surface area contributed by atoms with Gasteiger partial charge in [-0.15, -0.1) is 0 Å². The molecule has 7 nitrogen and oxygen atoms in total. The Morgan fingerprint density at radius 1 is 1.15 bits per heavy atom. The first-order valence-corrected chi connectivity index (χ1v) is 14.6. The molecule has 1 saturated heterocycles. The Morgan fingerprint density at radius 3 is 2.53 bits per heavy atom. The Hall–Kier alpha value is -1.72. The normalized spacial score (nSPS) is 24.7. The van der Waals surface area contributed by atoms with Gasteiger partial charge in [-0.2, -0.15) is 0 Å². The van der Waals surface area contributed by atoms with Crippen LogP contribution in [0.5, 0.6) is 5.75 Å². The van der Waals surface area contributed by atoms with Gasteiger partial charge in [0.2, 0.25) is 10.0 Å². The first kappa shape index (κ1) is 25.4. The number of halogens is 2. The van der Waals surface area contributed by atoms with Gasteiger partial charge >= 0.3 is 0 Å². The smallest absolute Gasteiger partial charge is 0.211 e. The largest absolute Gasteiger partial charge is 0.490 e. The molecule has 1 fully saturated rings. The molecular formula is C23H27ClFNO6S2. The second-order valence-corrected chi connectivity index (χ2v) is 13.3. The van der Waals surface area contributed by atoms with Gasteiger partial charge in [-0.1, -0.05) is 17.7 Å². The van der Waals surface area contributed by atoms with E-state index in [0.717, 1.165) is 0 Å². The molecule has 11 heteroatoms. The lowest BCUT2D eigenvalue weighted by Gasteiger charge is -2.50. The van der Waals surface area contributed by atoms with Crippen LogP contribution in [-0.4, -0.2) is 48.5 Å². The van der Waals surface area contributed by atoms with E-state index >= 15 is 0 Å². The van der Waals surface area contributed by atoms with Crippen LogP contribution in [0.3, 0.4) is 0 Å². The zero-order valence-corrected chi connectivity index (χ0v) is 21.3. The molecule has 1 N–H and O–H groups in total. The summed E-state index contributed by atoms with van der Waals surface area (Å²) in [7, 11) is -7.49. The van der Waals surface area contributed by atoms with E-state index in [0.29, 0.717) is 16.1 Å². The summed E-state index contributed by atoms with van der Waals surface area (Å²) in [5.41, 5.74) is 0.909. The van der Waals surface area contributed by atoms with Crippen molar-refractivity contribution in [2.24, 2.45) is 5.92 Å². The number of benzene rings is 2. The van der Waals surface area contributed by atoms with E-state index < -0.39 is 42.4 Å². The second kappa shape index (κ2) is 9.39. The highest BCUT2D eigenvalue weighted by atomic mass is 35.5. The number of hydrogen-bond donors (Lipinski definition) is 1. The second-order valence-electron chi connectivity index (χ2n) is 8.58. The van der Waals surface area contributed by atoms with Crippen LogP contribution in [0.25, 0.3) is 0 Å². The van der Waals surface area contributed by atoms with Gasteiger partial charge < -0.3 is 9.47 Å². The summed E-state index contributed by atoms with van der Waals surface area (Å²) in [6.45, 7) is 3.40. The third-order valence-corrected chi connectivity index (χ3v) is 11.0. The average Bonchev–Trinajstić information content (AvgIpc) is 2.81. The van der Waals surface area contributed by atoms with Crippen molar-refractivity contribution < 1.29 is 30.7 Å². The number of fused-ring (bicyclic) bond motifs is 3. The topological polar surface area (TPSA) is 98.8 Å². The lowest BCUT2D eigenvalue weighted by Crippen LogP contribution is -2.57. The van der Waals surface area contributed by atoms with Crippen LogP contribution < -0.4 is 9.46 Å². The molecule has 0 aliphatic carbocycles. The molecule has 2 aromatic carbocycles. The molecule has 0 radical (unpaired) electrons. The number of aryl methyl sites for hydroxylation is 1. The van der Waals surface area contributed by atoms with Gasteiger partial charge in [0.25, 0.3) is 0 Å². The number of rotatable bonds is 7. The van der Waals surface area contributed by atoms with Crippen molar-refractivity contribution in [2.75, 3.05) is 25.5 Å². The Bertz CT molecular complexity index is 1280. The van der Waals surface area contributed by atoms with E-state index in [9.17, 15) is 21.2 Å². The molecule has 2 aliphatic rings. The highest BCUT2D eigenvalue weighted by Crippen LogP contribution is 2.56. The van der Waals surface area contributed by atoms with Crippen LogP contribution >= 0.6 is 11.6 Å². The van der Waals surface area contributed by atoms with E-state index in [2.05, 4.69) is 4.72 Å². The molecule has 0 aromatic heterocycles. The lowest BCUT2D eigenvalue weighted by atomic mass is 9.74. The van der Waals surface area contributed by atoms with Gasteiger partial charge in [0.15, 0.2) is 21.4 Å². The SMILES string of the molecule is CCS(=O)(=O)NCC[C@@H]1OCC[C@@]2(S(=O)(=O)c3ccc(Cl)cc3)c3c(C)ccc(F)c3OCC12. The molecule has 3 atom stereocenters. The van der Waals surface area contributed by atoms with Crippen molar-refractivity contribution in [2.45, 2.75) is 42.4 Å². The third kappa shape index (κ3) is 4.24. The summed E-state index contributed by atoms with van der Waals surface area (Å²) in [5, 5.41) is 0.399. The third-order valence-electron chi connectivity index (χ3n) is 6.74. The van der Waals surface area contributed by atoms with Crippen molar-refractivity contribution in [1.82, 2.24) is 4.72 Å². The van der Waals surface area contributed by atoms with Crippen molar-refractivity contribution >= 4 is 31.5 Å². The molecule has 4 rings (SSSR count). The van der Waals surface area contributed by atoms with Gasteiger partial charge in [0.05, 0.1) is 23.4 Å². The summed E-state index contributed by atoms with van der Waals surface area (Å²) in [6.07, 6.45) is -0.263. The number of sulfone groups is 1. The van der Waals surface area contributed by atoms with E-state index in [-0.39, 0.29) is 49.0 Å². The maximum absolute atomic E-state index is 14.8. The average molecular weight is 532 g/mol. The number of hydrogen-bond acceptors (Lipinski definition) is 6. The maximum Gasteiger partial charge on any atom is 0.211 e.